The molecule has 2 fully saturated rings. The van der Waals surface area contributed by atoms with E-state index in [-0.39, 0.29) is 30.0 Å². The number of hydrogen-bond acceptors (Lipinski definition) is 3. The van der Waals surface area contributed by atoms with Gasteiger partial charge in [-0.05, 0) is 62.1 Å². The van der Waals surface area contributed by atoms with Crippen LogP contribution in [0.15, 0.2) is 48.5 Å². The van der Waals surface area contributed by atoms with Crippen molar-refractivity contribution in [3.8, 4) is 0 Å². The van der Waals surface area contributed by atoms with Crippen LogP contribution < -0.4 is 10.2 Å². The van der Waals surface area contributed by atoms with Gasteiger partial charge in [0.2, 0.25) is 5.91 Å². The standard InChI is InChI=1S/C22H25ClN2O2/c1-14-12-25(13-15(2)27-14)17-9-7-16(8-10-17)24-22(26)20-11-19(20)18-5-3-4-6-21(18)23/h3-10,14-15,19-20H,11-13H2,1-2H3,(H,24,26). The number of halogens is 1. The Bertz CT molecular complexity index is 813. The molecule has 1 aliphatic carbocycles. The minimum absolute atomic E-state index is 0.00511. The first-order valence-electron chi connectivity index (χ1n) is 9.57. The van der Waals surface area contributed by atoms with E-state index in [4.69, 9.17) is 16.3 Å². The quantitative estimate of drug-likeness (QED) is 0.830. The summed E-state index contributed by atoms with van der Waals surface area (Å²) in [5.74, 6) is 0.307. The molecule has 0 spiro atoms. The SMILES string of the molecule is CC1CN(c2ccc(NC(=O)C3CC3c3ccccc3Cl)cc2)CC(C)O1. The Kier molecular flexibility index (Phi) is 5.11. The van der Waals surface area contributed by atoms with Crippen LogP contribution in [0.5, 0.6) is 0 Å². The minimum atomic E-state index is 0.00511. The van der Waals surface area contributed by atoms with E-state index in [1.54, 1.807) is 0 Å². The summed E-state index contributed by atoms with van der Waals surface area (Å²) in [5, 5.41) is 3.79. The fourth-order valence-corrected chi connectivity index (χ4v) is 4.26. The molecule has 0 bridgehead atoms. The molecular weight excluding hydrogens is 360 g/mol. The van der Waals surface area contributed by atoms with Crippen molar-refractivity contribution in [2.24, 2.45) is 5.92 Å². The van der Waals surface area contributed by atoms with Crippen LogP contribution in [0.2, 0.25) is 5.02 Å². The van der Waals surface area contributed by atoms with Gasteiger partial charge in [0.25, 0.3) is 0 Å². The molecule has 1 saturated heterocycles. The Morgan fingerprint density at radius 1 is 1.07 bits per heavy atom. The third-order valence-electron chi connectivity index (χ3n) is 5.35. The topological polar surface area (TPSA) is 41.6 Å². The number of morpholine rings is 1. The summed E-state index contributed by atoms with van der Waals surface area (Å²) in [4.78, 5) is 14.9. The molecule has 0 radical (unpaired) electrons. The van der Waals surface area contributed by atoms with Crippen molar-refractivity contribution in [1.29, 1.82) is 0 Å². The van der Waals surface area contributed by atoms with Gasteiger partial charge in [0.15, 0.2) is 0 Å². The molecule has 2 aromatic rings. The van der Waals surface area contributed by atoms with E-state index in [2.05, 4.69) is 36.2 Å². The third-order valence-corrected chi connectivity index (χ3v) is 5.70. The lowest BCUT2D eigenvalue weighted by atomic mass is 10.1. The first kappa shape index (κ1) is 18.3. The number of hydrogen-bond donors (Lipinski definition) is 1. The normalized spacial score (nSPS) is 27.3. The number of benzene rings is 2. The molecule has 1 saturated carbocycles. The van der Waals surface area contributed by atoms with Crippen LogP contribution in [0.1, 0.15) is 31.7 Å². The molecular formula is C22H25ClN2O2. The maximum absolute atomic E-state index is 12.6. The van der Waals surface area contributed by atoms with E-state index < -0.39 is 0 Å². The predicted octanol–water partition coefficient (Wildman–Crippen LogP) is 4.70. The average molecular weight is 385 g/mol. The number of nitrogens with zero attached hydrogens (tertiary/aromatic N) is 1. The Hall–Kier alpha value is -2.04. The molecule has 27 heavy (non-hydrogen) atoms. The Morgan fingerprint density at radius 2 is 1.74 bits per heavy atom. The van der Waals surface area contributed by atoms with E-state index >= 15 is 0 Å². The van der Waals surface area contributed by atoms with Crippen LogP contribution in [-0.2, 0) is 9.53 Å². The third kappa shape index (κ3) is 4.12. The van der Waals surface area contributed by atoms with Gasteiger partial charge < -0.3 is 15.0 Å². The van der Waals surface area contributed by atoms with Gasteiger partial charge in [-0.2, -0.15) is 0 Å². The maximum atomic E-state index is 12.6. The predicted molar refractivity (Wildman–Crippen MR) is 110 cm³/mol. The number of ether oxygens (including phenoxy) is 1. The number of rotatable bonds is 4. The number of amides is 1. The highest BCUT2D eigenvalue weighted by Gasteiger charge is 2.44. The molecule has 0 aromatic heterocycles. The van der Waals surface area contributed by atoms with Crippen LogP contribution in [0, 0.1) is 5.92 Å². The molecule has 2 aromatic carbocycles. The summed E-state index contributed by atoms with van der Waals surface area (Å²) in [7, 11) is 0. The first-order chi connectivity index (χ1) is 13.0. The van der Waals surface area contributed by atoms with Gasteiger partial charge in [-0.25, -0.2) is 0 Å². The van der Waals surface area contributed by atoms with Crippen LogP contribution in [0.4, 0.5) is 11.4 Å². The molecule has 4 rings (SSSR count). The lowest BCUT2D eigenvalue weighted by Crippen LogP contribution is -2.45. The van der Waals surface area contributed by atoms with Gasteiger partial charge in [0.1, 0.15) is 0 Å². The number of nitrogens with one attached hydrogen (secondary N) is 1. The van der Waals surface area contributed by atoms with Crippen LogP contribution in [0.25, 0.3) is 0 Å². The van der Waals surface area contributed by atoms with E-state index in [0.717, 1.165) is 41.5 Å². The van der Waals surface area contributed by atoms with Crippen molar-refractivity contribution >= 4 is 28.9 Å². The lowest BCUT2D eigenvalue weighted by molar-refractivity contribution is -0.117. The van der Waals surface area contributed by atoms with Gasteiger partial charge in [-0.15, -0.1) is 0 Å². The zero-order valence-corrected chi connectivity index (χ0v) is 16.4. The number of carbonyl (C=O) groups excluding carboxylic acids is 1. The van der Waals surface area contributed by atoms with Gasteiger partial charge in [-0.3, -0.25) is 4.79 Å². The van der Waals surface area contributed by atoms with Gasteiger partial charge in [0.05, 0.1) is 12.2 Å². The summed E-state index contributed by atoms with van der Waals surface area (Å²) in [6.45, 7) is 5.97. The smallest absolute Gasteiger partial charge is 0.228 e. The largest absolute Gasteiger partial charge is 0.372 e. The molecule has 1 aliphatic heterocycles. The van der Waals surface area contributed by atoms with E-state index in [1.807, 2.05) is 36.4 Å². The highest BCUT2D eigenvalue weighted by Crippen LogP contribution is 2.50. The molecule has 1 amide bonds. The van der Waals surface area contributed by atoms with E-state index in [1.165, 1.54) is 0 Å². The fraction of sp³-hybridized carbons (Fsp3) is 0.409. The summed E-state index contributed by atoms with van der Waals surface area (Å²) in [5.41, 5.74) is 3.07. The summed E-state index contributed by atoms with van der Waals surface area (Å²) in [6.07, 6.45) is 1.31. The molecule has 4 unspecified atom stereocenters. The molecule has 1 N–H and O–H groups in total. The van der Waals surface area contributed by atoms with Crippen LogP contribution in [0.3, 0.4) is 0 Å². The van der Waals surface area contributed by atoms with Gasteiger partial charge in [0, 0.05) is 35.4 Å². The first-order valence-corrected chi connectivity index (χ1v) is 9.95. The molecule has 4 nitrogen and oxygen atoms in total. The molecule has 5 heteroatoms. The molecule has 4 atom stereocenters. The van der Waals surface area contributed by atoms with Crippen molar-refractivity contribution in [2.45, 2.75) is 38.4 Å². The Labute approximate surface area is 165 Å². The minimum Gasteiger partial charge on any atom is -0.372 e. The molecule has 1 heterocycles. The second kappa shape index (κ2) is 7.53. The average Bonchev–Trinajstić information content (AvgIpc) is 3.42. The number of anilines is 2. The van der Waals surface area contributed by atoms with Crippen molar-refractivity contribution in [3.05, 3.63) is 59.1 Å². The van der Waals surface area contributed by atoms with Crippen LogP contribution in [-0.4, -0.2) is 31.2 Å². The van der Waals surface area contributed by atoms with Gasteiger partial charge in [-0.1, -0.05) is 29.8 Å². The summed E-state index contributed by atoms with van der Waals surface area (Å²) < 4.78 is 5.79. The lowest BCUT2D eigenvalue weighted by Gasteiger charge is -2.36. The van der Waals surface area contributed by atoms with E-state index in [9.17, 15) is 4.79 Å². The summed E-state index contributed by atoms with van der Waals surface area (Å²) >= 11 is 6.26. The highest BCUT2D eigenvalue weighted by molar-refractivity contribution is 6.31. The van der Waals surface area contributed by atoms with Crippen molar-refractivity contribution in [3.63, 3.8) is 0 Å². The van der Waals surface area contributed by atoms with E-state index in [0.29, 0.717) is 0 Å². The fourth-order valence-electron chi connectivity index (χ4n) is 3.98. The van der Waals surface area contributed by atoms with Crippen molar-refractivity contribution in [1.82, 2.24) is 0 Å². The molecule has 142 valence electrons. The number of carbonyl (C=O) groups is 1. The Balaban J connectivity index is 1.36. The molecule has 2 aliphatic rings. The second-order valence-corrected chi connectivity index (χ2v) is 8.08. The zero-order valence-electron chi connectivity index (χ0n) is 15.7. The van der Waals surface area contributed by atoms with Crippen molar-refractivity contribution < 1.29 is 9.53 Å². The maximum Gasteiger partial charge on any atom is 0.228 e. The second-order valence-electron chi connectivity index (χ2n) is 7.67. The summed E-state index contributed by atoms with van der Waals surface area (Å²) in [6, 6.07) is 15.9. The monoisotopic (exact) mass is 384 g/mol. The zero-order chi connectivity index (χ0) is 19.0. The highest BCUT2D eigenvalue weighted by atomic mass is 35.5. The van der Waals surface area contributed by atoms with Crippen LogP contribution >= 0.6 is 11.6 Å². The van der Waals surface area contributed by atoms with Gasteiger partial charge >= 0.3 is 0 Å². The Morgan fingerprint density at radius 3 is 2.41 bits per heavy atom. The van der Waals surface area contributed by atoms with Crippen molar-refractivity contribution in [2.75, 3.05) is 23.3 Å².